The van der Waals surface area contributed by atoms with Gasteiger partial charge in [-0.25, -0.2) is 0 Å². The normalized spacial score (nSPS) is 24.8. The number of esters is 2. The molecule has 6 heteroatoms. The molecule has 0 spiro atoms. The standard InChI is InChI=1S/C20H35NO2.C19H35NO2/c22-19(23-17-16-21-14-8-3-9-15-21)20(12-6-2-7-13-20)18-10-4-1-5-11-18;1-3-20(4-2)15-16-22-18(21)19(13-9-6-10-14-19)17-11-7-5-8-12-17/h18H,1-17H2;17H,3-16H2,1-2H3. The number of likely N-dealkylation sites (tertiary alicyclic amines) is 1. The first-order valence-corrected chi connectivity index (χ1v) is 19.8. The second-order valence-corrected chi connectivity index (χ2v) is 15.3. The summed E-state index contributed by atoms with van der Waals surface area (Å²) in [5.41, 5.74) is -0.261. The van der Waals surface area contributed by atoms with Gasteiger partial charge in [0.05, 0.1) is 10.8 Å². The van der Waals surface area contributed by atoms with Crippen LogP contribution in [0.4, 0.5) is 0 Å². The molecule has 0 amide bonds. The molecule has 6 nitrogen and oxygen atoms in total. The zero-order valence-corrected chi connectivity index (χ0v) is 29.6. The summed E-state index contributed by atoms with van der Waals surface area (Å²) in [5.74, 6) is 1.47. The van der Waals surface area contributed by atoms with Crippen LogP contribution in [0, 0.1) is 22.7 Å². The van der Waals surface area contributed by atoms with Crippen LogP contribution in [0.3, 0.4) is 0 Å². The average Bonchev–Trinajstić information content (AvgIpc) is 3.12. The Morgan fingerprint density at radius 3 is 1.42 bits per heavy atom. The highest BCUT2D eigenvalue weighted by atomic mass is 16.5. The average molecular weight is 631 g/mol. The predicted octanol–water partition coefficient (Wildman–Crippen LogP) is 8.95. The van der Waals surface area contributed by atoms with E-state index in [0.717, 1.165) is 51.9 Å². The lowest BCUT2D eigenvalue weighted by Gasteiger charge is -2.43. The topological polar surface area (TPSA) is 59.1 Å². The summed E-state index contributed by atoms with van der Waals surface area (Å²) >= 11 is 0. The van der Waals surface area contributed by atoms with Crippen LogP contribution in [0.25, 0.3) is 0 Å². The Morgan fingerprint density at radius 1 is 0.578 bits per heavy atom. The molecule has 0 atom stereocenters. The minimum atomic E-state index is -0.137. The fourth-order valence-corrected chi connectivity index (χ4v) is 9.78. The minimum absolute atomic E-state index is 0.124. The van der Waals surface area contributed by atoms with Crippen molar-refractivity contribution in [2.45, 2.75) is 162 Å². The van der Waals surface area contributed by atoms with E-state index in [1.54, 1.807) is 0 Å². The summed E-state index contributed by atoms with van der Waals surface area (Å²) in [7, 11) is 0. The van der Waals surface area contributed by atoms with Gasteiger partial charge >= 0.3 is 11.9 Å². The number of nitrogens with zero attached hydrogens (tertiary/aromatic N) is 2. The maximum atomic E-state index is 13.0. The largest absolute Gasteiger partial charge is 0.464 e. The molecule has 4 aliphatic carbocycles. The molecule has 5 fully saturated rings. The second-order valence-electron chi connectivity index (χ2n) is 15.3. The first-order chi connectivity index (χ1) is 22.0. The fourth-order valence-electron chi connectivity index (χ4n) is 9.78. The van der Waals surface area contributed by atoms with Gasteiger partial charge in [-0.05, 0) is 102 Å². The van der Waals surface area contributed by atoms with Crippen LogP contribution >= 0.6 is 0 Å². The highest BCUT2D eigenvalue weighted by Gasteiger charge is 2.48. The monoisotopic (exact) mass is 631 g/mol. The maximum absolute atomic E-state index is 13.0. The number of hydrogen-bond donors (Lipinski definition) is 0. The molecule has 5 rings (SSSR count). The number of hydrogen-bond acceptors (Lipinski definition) is 6. The molecule has 0 aromatic heterocycles. The van der Waals surface area contributed by atoms with Gasteiger partial charge < -0.3 is 14.4 Å². The van der Waals surface area contributed by atoms with Crippen molar-refractivity contribution in [1.29, 1.82) is 0 Å². The SMILES string of the molecule is CCN(CC)CCOC(=O)C1(C2CCCCC2)CCCCC1.O=C(OCCN1CCCCC1)C1(C2CCCCC2)CCCCC1. The van der Waals surface area contributed by atoms with Crippen molar-refractivity contribution in [2.75, 3.05) is 52.5 Å². The highest BCUT2D eigenvalue weighted by molar-refractivity contribution is 5.78. The Hall–Kier alpha value is -1.14. The number of carbonyl (C=O) groups excluding carboxylic acids is 2. The van der Waals surface area contributed by atoms with Gasteiger partial charge in [0, 0.05) is 13.1 Å². The van der Waals surface area contributed by atoms with Crippen LogP contribution in [-0.2, 0) is 19.1 Å². The summed E-state index contributed by atoms with van der Waals surface area (Å²) in [6, 6.07) is 0. The molecule has 1 aliphatic heterocycles. The first kappa shape index (κ1) is 36.7. The summed E-state index contributed by atoms with van der Waals surface area (Å²) in [4.78, 5) is 30.7. The molecule has 0 aromatic carbocycles. The zero-order valence-electron chi connectivity index (χ0n) is 29.6. The summed E-state index contributed by atoms with van der Waals surface area (Å²) in [5, 5.41) is 0. The predicted molar refractivity (Wildman–Crippen MR) is 184 cm³/mol. The van der Waals surface area contributed by atoms with Crippen LogP contribution in [0.15, 0.2) is 0 Å². The number of carbonyl (C=O) groups is 2. The molecule has 0 bridgehead atoms. The fraction of sp³-hybridized carbons (Fsp3) is 0.949. The minimum Gasteiger partial charge on any atom is -0.464 e. The van der Waals surface area contributed by atoms with E-state index in [1.807, 2.05) is 0 Å². The number of likely N-dealkylation sites (N-methyl/N-ethyl adjacent to an activating group) is 1. The van der Waals surface area contributed by atoms with E-state index in [0.29, 0.717) is 25.0 Å². The number of ether oxygens (including phenoxy) is 2. The molecule has 45 heavy (non-hydrogen) atoms. The van der Waals surface area contributed by atoms with Crippen molar-refractivity contribution >= 4 is 11.9 Å². The van der Waals surface area contributed by atoms with Gasteiger partial charge in [0.15, 0.2) is 0 Å². The van der Waals surface area contributed by atoms with Crippen molar-refractivity contribution in [1.82, 2.24) is 9.80 Å². The Balaban J connectivity index is 0.000000205. The van der Waals surface area contributed by atoms with Crippen molar-refractivity contribution in [3.8, 4) is 0 Å². The van der Waals surface area contributed by atoms with Gasteiger partial charge in [0.2, 0.25) is 0 Å². The molecule has 5 aliphatic rings. The van der Waals surface area contributed by atoms with Crippen molar-refractivity contribution in [3.63, 3.8) is 0 Å². The molecule has 0 aromatic rings. The molecule has 1 heterocycles. The van der Waals surface area contributed by atoms with Gasteiger partial charge in [-0.2, -0.15) is 0 Å². The number of piperidine rings is 1. The van der Waals surface area contributed by atoms with E-state index in [1.165, 1.54) is 135 Å². The lowest BCUT2D eigenvalue weighted by atomic mass is 9.62. The van der Waals surface area contributed by atoms with Crippen molar-refractivity contribution < 1.29 is 19.1 Å². The van der Waals surface area contributed by atoms with Crippen molar-refractivity contribution in [3.05, 3.63) is 0 Å². The Labute approximate surface area is 277 Å². The van der Waals surface area contributed by atoms with E-state index < -0.39 is 0 Å². The van der Waals surface area contributed by atoms with Crippen LogP contribution in [-0.4, -0.2) is 74.2 Å². The van der Waals surface area contributed by atoms with E-state index in [-0.39, 0.29) is 22.8 Å². The van der Waals surface area contributed by atoms with Gasteiger partial charge in [0.1, 0.15) is 13.2 Å². The van der Waals surface area contributed by atoms with Gasteiger partial charge in [0.25, 0.3) is 0 Å². The Kier molecular flexibility index (Phi) is 16.0. The lowest BCUT2D eigenvalue weighted by Crippen LogP contribution is -2.43. The second kappa shape index (κ2) is 19.6. The molecule has 260 valence electrons. The first-order valence-electron chi connectivity index (χ1n) is 19.8. The van der Waals surface area contributed by atoms with Crippen LogP contribution in [0.2, 0.25) is 0 Å². The Bertz CT molecular complexity index is 828. The van der Waals surface area contributed by atoms with Crippen LogP contribution < -0.4 is 0 Å². The van der Waals surface area contributed by atoms with E-state index in [4.69, 9.17) is 9.47 Å². The molecular weight excluding hydrogens is 560 g/mol. The molecular formula is C39H70N2O4. The van der Waals surface area contributed by atoms with Crippen LogP contribution in [0.5, 0.6) is 0 Å². The van der Waals surface area contributed by atoms with E-state index in [9.17, 15) is 9.59 Å². The summed E-state index contributed by atoms with van der Waals surface area (Å²) in [6.07, 6.45) is 28.7. The quantitative estimate of drug-likeness (QED) is 0.201. The molecule has 0 radical (unpaired) electrons. The van der Waals surface area contributed by atoms with Crippen LogP contribution in [0.1, 0.15) is 162 Å². The highest BCUT2D eigenvalue weighted by Crippen LogP contribution is 2.50. The molecule has 0 unspecified atom stereocenters. The Morgan fingerprint density at radius 2 is 0.978 bits per heavy atom. The summed E-state index contributed by atoms with van der Waals surface area (Å²) < 4.78 is 11.7. The molecule has 4 saturated carbocycles. The van der Waals surface area contributed by atoms with E-state index >= 15 is 0 Å². The molecule has 0 N–H and O–H groups in total. The lowest BCUT2D eigenvalue weighted by molar-refractivity contribution is -0.165. The zero-order chi connectivity index (χ0) is 31.8. The van der Waals surface area contributed by atoms with E-state index in [2.05, 4.69) is 23.6 Å². The molecule has 1 saturated heterocycles. The van der Waals surface area contributed by atoms with Crippen molar-refractivity contribution in [2.24, 2.45) is 22.7 Å². The third-order valence-corrected chi connectivity index (χ3v) is 12.7. The summed E-state index contributed by atoms with van der Waals surface area (Å²) in [6.45, 7) is 11.7. The smallest absolute Gasteiger partial charge is 0.312 e. The van der Waals surface area contributed by atoms with Gasteiger partial charge in [-0.3, -0.25) is 14.5 Å². The third-order valence-electron chi connectivity index (χ3n) is 12.7. The number of rotatable bonds is 12. The van der Waals surface area contributed by atoms with Gasteiger partial charge in [-0.15, -0.1) is 0 Å². The third kappa shape index (κ3) is 10.4. The maximum Gasteiger partial charge on any atom is 0.312 e. The van der Waals surface area contributed by atoms with Gasteiger partial charge in [-0.1, -0.05) is 97.3 Å².